The molecule has 0 aromatic carbocycles. The molecular weight excluding hydrogens is 126 g/mol. The molecule has 0 saturated heterocycles. The molecule has 0 saturated carbocycles. The molecule has 0 unspecified atom stereocenters. The smallest absolute Gasteiger partial charge is 0.0946 e. The van der Waals surface area contributed by atoms with Crippen LogP contribution in [-0.4, -0.2) is 9.55 Å². The van der Waals surface area contributed by atoms with E-state index in [0.29, 0.717) is 0 Å². The second kappa shape index (κ2) is 2.84. The lowest BCUT2D eigenvalue weighted by Gasteiger charge is -2.07. The van der Waals surface area contributed by atoms with E-state index in [-0.39, 0.29) is 6.04 Å². The zero-order valence-corrected chi connectivity index (χ0v) is 6.41. The van der Waals surface area contributed by atoms with Gasteiger partial charge in [0.25, 0.3) is 0 Å². The number of aryl methyl sites for hydroxylation is 1. The summed E-state index contributed by atoms with van der Waals surface area (Å²) in [4.78, 5) is 3.97. The van der Waals surface area contributed by atoms with Gasteiger partial charge in [0.2, 0.25) is 0 Å². The van der Waals surface area contributed by atoms with Crippen LogP contribution in [0.3, 0.4) is 0 Å². The molecule has 0 aliphatic rings. The third kappa shape index (κ3) is 1.19. The van der Waals surface area contributed by atoms with Gasteiger partial charge in [-0.2, -0.15) is 0 Å². The molecule has 0 aliphatic heterocycles. The SMILES string of the molecule is CC[C@H](N)c1cncn1C. The van der Waals surface area contributed by atoms with Crippen molar-refractivity contribution < 1.29 is 0 Å². The quantitative estimate of drug-likeness (QED) is 0.659. The first-order chi connectivity index (χ1) is 4.75. The molecule has 1 aromatic rings. The summed E-state index contributed by atoms with van der Waals surface area (Å²) in [7, 11) is 1.96. The maximum Gasteiger partial charge on any atom is 0.0946 e. The minimum absolute atomic E-state index is 0.132. The Hall–Kier alpha value is -0.830. The maximum absolute atomic E-state index is 5.78. The second-order valence-electron chi connectivity index (χ2n) is 2.44. The number of nitrogens with zero attached hydrogens (tertiary/aromatic N) is 2. The van der Waals surface area contributed by atoms with Crippen LogP contribution in [0.5, 0.6) is 0 Å². The number of nitrogens with two attached hydrogens (primary N) is 1. The topological polar surface area (TPSA) is 43.8 Å². The fraction of sp³-hybridized carbons (Fsp3) is 0.571. The molecule has 0 radical (unpaired) electrons. The predicted molar refractivity (Wildman–Crippen MR) is 40.4 cm³/mol. The Labute approximate surface area is 60.9 Å². The molecule has 1 atom stereocenters. The molecule has 0 amide bonds. The van der Waals surface area contributed by atoms with Crippen LogP contribution in [0.1, 0.15) is 25.1 Å². The monoisotopic (exact) mass is 139 g/mol. The van der Waals surface area contributed by atoms with Gasteiger partial charge in [0.15, 0.2) is 0 Å². The van der Waals surface area contributed by atoms with Crippen LogP contribution < -0.4 is 5.73 Å². The van der Waals surface area contributed by atoms with Gasteiger partial charge in [-0.25, -0.2) is 4.98 Å². The lowest BCUT2D eigenvalue weighted by Crippen LogP contribution is -2.12. The highest BCUT2D eigenvalue weighted by atomic mass is 15.0. The van der Waals surface area contributed by atoms with Gasteiger partial charge in [-0.3, -0.25) is 0 Å². The van der Waals surface area contributed by atoms with E-state index in [0.717, 1.165) is 12.1 Å². The summed E-state index contributed by atoms with van der Waals surface area (Å²) in [5.41, 5.74) is 6.88. The summed E-state index contributed by atoms with van der Waals surface area (Å²) in [6.07, 6.45) is 4.54. The molecule has 3 heteroatoms. The molecule has 1 rings (SSSR count). The average Bonchev–Trinajstić information content (AvgIpc) is 2.34. The van der Waals surface area contributed by atoms with E-state index in [4.69, 9.17) is 5.73 Å². The van der Waals surface area contributed by atoms with E-state index in [9.17, 15) is 0 Å². The number of imidazole rings is 1. The van der Waals surface area contributed by atoms with E-state index < -0.39 is 0 Å². The lowest BCUT2D eigenvalue weighted by molar-refractivity contribution is 0.639. The summed E-state index contributed by atoms with van der Waals surface area (Å²) in [6.45, 7) is 2.07. The predicted octanol–water partition coefficient (Wildman–Crippen LogP) is 0.830. The highest BCUT2D eigenvalue weighted by Gasteiger charge is 2.05. The molecule has 0 fully saturated rings. The fourth-order valence-corrected chi connectivity index (χ4v) is 0.934. The number of rotatable bonds is 2. The highest BCUT2D eigenvalue weighted by Crippen LogP contribution is 2.10. The Balaban J connectivity index is 2.82. The van der Waals surface area contributed by atoms with E-state index in [1.54, 1.807) is 6.33 Å². The molecule has 1 heterocycles. The van der Waals surface area contributed by atoms with Crippen molar-refractivity contribution >= 4 is 0 Å². The van der Waals surface area contributed by atoms with Crippen LogP contribution in [0.4, 0.5) is 0 Å². The van der Waals surface area contributed by atoms with E-state index in [1.807, 2.05) is 17.8 Å². The van der Waals surface area contributed by atoms with Crippen molar-refractivity contribution in [1.29, 1.82) is 0 Å². The van der Waals surface area contributed by atoms with Gasteiger partial charge in [0.1, 0.15) is 0 Å². The Morgan fingerprint density at radius 2 is 2.50 bits per heavy atom. The van der Waals surface area contributed by atoms with Crippen molar-refractivity contribution in [3.8, 4) is 0 Å². The maximum atomic E-state index is 5.78. The van der Waals surface area contributed by atoms with E-state index in [1.165, 1.54) is 0 Å². The molecule has 10 heavy (non-hydrogen) atoms. The summed E-state index contributed by atoms with van der Waals surface area (Å²) in [5, 5.41) is 0. The minimum atomic E-state index is 0.132. The van der Waals surface area contributed by atoms with Crippen molar-refractivity contribution in [2.45, 2.75) is 19.4 Å². The Morgan fingerprint density at radius 3 is 2.90 bits per heavy atom. The third-order valence-corrected chi connectivity index (χ3v) is 1.67. The lowest BCUT2D eigenvalue weighted by atomic mass is 10.2. The molecule has 1 aromatic heterocycles. The van der Waals surface area contributed by atoms with Crippen molar-refractivity contribution in [2.75, 3.05) is 0 Å². The number of hydrogen-bond donors (Lipinski definition) is 1. The van der Waals surface area contributed by atoms with Gasteiger partial charge < -0.3 is 10.3 Å². The van der Waals surface area contributed by atoms with Crippen LogP contribution in [0.15, 0.2) is 12.5 Å². The summed E-state index contributed by atoms with van der Waals surface area (Å²) < 4.78 is 1.95. The molecule has 0 aliphatic carbocycles. The van der Waals surface area contributed by atoms with Crippen molar-refractivity contribution in [3.05, 3.63) is 18.2 Å². The summed E-state index contributed by atoms with van der Waals surface area (Å²) in [6, 6.07) is 0.132. The highest BCUT2D eigenvalue weighted by molar-refractivity contribution is 5.02. The molecular formula is C7H13N3. The zero-order chi connectivity index (χ0) is 7.56. The third-order valence-electron chi connectivity index (χ3n) is 1.67. The Bertz CT molecular complexity index is 204. The first-order valence-corrected chi connectivity index (χ1v) is 3.47. The standard InChI is InChI=1S/C7H13N3/c1-3-6(8)7-4-9-5-10(7)2/h4-6H,3,8H2,1-2H3/t6-/m0/s1. The van der Waals surface area contributed by atoms with Gasteiger partial charge in [0.05, 0.1) is 12.0 Å². The van der Waals surface area contributed by atoms with Gasteiger partial charge in [-0.1, -0.05) is 6.92 Å². The molecule has 0 bridgehead atoms. The minimum Gasteiger partial charge on any atom is -0.336 e. The molecule has 3 nitrogen and oxygen atoms in total. The van der Waals surface area contributed by atoms with Crippen LogP contribution in [0, 0.1) is 0 Å². The first kappa shape index (κ1) is 7.28. The number of hydrogen-bond acceptors (Lipinski definition) is 2. The van der Waals surface area contributed by atoms with Gasteiger partial charge in [-0.05, 0) is 6.42 Å². The normalized spacial score (nSPS) is 13.5. The van der Waals surface area contributed by atoms with Crippen LogP contribution >= 0.6 is 0 Å². The molecule has 2 N–H and O–H groups in total. The Kier molecular flexibility index (Phi) is 2.06. The fourth-order valence-electron chi connectivity index (χ4n) is 0.934. The zero-order valence-electron chi connectivity index (χ0n) is 6.41. The average molecular weight is 139 g/mol. The molecule has 0 spiro atoms. The van der Waals surface area contributed by atoms with Crippen molar-refractivity contribution in [2.24, 2.45) is 12.8 Å². The second-order valence-corrected chi connectivity index (χ2v) is 2.44. The van der Waals surface area contributed by atoms with E-state index >= 15 is 0 Å². The van der Waals surface area contributed by atoms with Crippen LogP contribution in [0.2, 0.25) is 0 Å². The summed E-state index contributed by atoms with van der Waals surface area (Å²) >= 11 is 0. The van der Waals surface area contributed by atoms with Crippen LogP contribution in [0.25, 0.3) is 0 Å². The van der Waals surface area contributed by atoms with Crippen molar-refractivity contribution in [3.63, 3.8) is 0 Å². The summed E-state index contributed by atoms with van der Waals surface area (Å²) in [5.74, 6) is 0. The first-order valence-electron chi connectivity index (χ1n) is 3.47. The van der Waals surface area contributed by atoms with Crippen molar-refractivity contribution in [1.82, 2.24) is 9.55 Å². The Morgan fingerprint density at radius 1 is 1.80 bits per heavy atom. The van der Waals surface area contributed by atoms with Crippen LogP contribution in [-0.2, 0) is 7.05 Å². The molecule has 56 valence electrons. The largest absolute Gasteiger partial charge is 0.336 e. The van der Waals surface area contributed by atoms with Gasteiger partial charge in [-0.15, -0.1) is 0 Å². The van der Waals surface area contributed by atoms with Gasteiger partial charge in [0, 0.05) is 19.3 Å². The van der Waals surface area contributed by atoms with Gasteiger partial charge >= 0.3 is 0 Å². The van der Waals surface area contributed by atoms with E-state index in [2.05, 4.69) is 11.9 Å². The number of aromatic nitrogens is 2.